The van der Waals surface area contributed by atoms with Gasteiger partial charge in [0.1, 0.15) is 15.7 Å². The molecule has 30 heavy (non-hydrogen) atoms. The number of hydrogen-bond acceptors (Lipinski definition) is 8. The van der Waals surface area contributed by atoms with E-state index < -0.39 is 5.91 Å². The quantitative estimate of drug-likeness (QED) is 0.355. The molecule has 3 heterocycles. The van der Waals surface area contributed by atoms with E-state index in [2.05, 4.69) is 20.5 Å². The van der Waals surface area contributed by atoms with Crippen LogP contribution in [0.15, 0.2) is 34.2 Å². The number of amides is 1. The summed E-state index contributed by atoms with van der Waals surface area (Å²) >= 11 is 4.04. The molecular formula is C19H16FN5O2S3. The van der Waals surface area contributed by atoms with Crippen LogP contribution in [0.25, 0.3) is 10.2 Å². The highest BCUT2D eigenvalue weighted by Crippen LogP contribution is 2.29. The summed E-state index contributed by atoms with van der Waals surface area (Å²) in [6, 6.07) is 5.48. The van der Waals surface area contributed by atoms with Crippen LogP contribution < -0.4 is 10.9 Å². The second-order valence-corrected chi connectivity index (χ2v) is 9.68. The van der Waals surface area contributed by atoms with Gasteiger partial charge in [0, 0.05) is 17.6 Å². The number of nitrogens with one attached hydrogen (secondary N) is 1. The summed E-state index contributed by atoms with van der Waals surface area (Å²) in [5.41, 5.74) is 1.38. The molecule has 4 aromatic rings. The lowest BCUT2D eigenvalue weighted by Crippen LogP contribution is -2.19. The van der Waals surface area contributed by atoms with Crippen LogP contribution in [0.1, 0.15) is 25.3 Å². The molecule has 0 spiro atoms. The monoisotopic (exact) mass is 461 g/mol. The predicted molar refractivity (Wildman–Crippen MR) is 118 cm³/mol. The number of aryl methyl sites for hydroxylation is 2. The fourth-order valence-corrected chi connectivity index (χ4v) is 5.50. The van der Waals surface area contributed by atoms with Crippen molar-refractivity contribution in [2.75, 3.05) is 5.32 Å². The second kappa shape index (κ2) is 8.25. The Hall–Kier alpha value is -2.63. The number of anilines is 1. The van der Waals surface area contributed by atoms with Gasteiger partial charge in [-0.1, -0.05) is 23.1 Å². The first-order chi connectivity index (χ1) is 14.3. The topological polar surface area (TPSA) is 89.8 Å². The van der Waals surface area contributed by atoms with Gasteiger partial charge in [-0.15, -0.1) is 21.5 Å². The van der Waals surface area contributed by atoms with Gasteiger partial charge in [-0.2, -0.15) is 0 Å². The first-order valence-corrected chi connectivity index (χ1v) is 11.4. The first kappa shape index (κ1) is 20.6. The van der Waals surface area contributed by atoms with Crippen LogP contribution >= 0.6 is 34.4 Å². The van der Waals surface area contributed by atoms with Gasteiger partial charge in [0.05, 0.1) is 11.1 Å². The normalized spacial score (nSPS) is 11.2. The van der Waals surface area contributed by atoms with Crippen molar-refractivity contribution in [3.05, 3.63) is 60.9 Å². The molecule has 0 fully saturated rings. The lowest BCUT2D eigenvalue weighted by atomic mass is 10.2. The Bertz CT molecular complexity index is 1310. The van der Waals surface area contributed by atoms with Crippen LogP contribution in [0.2, 0.25) is 0 Å². The average molecular weight is 462 g/mol. The van der Waals surface area contributed by atoms with Crippen molar-refractivity contribution in [2.45, 2.75) is 24.8 Å². The highest BCUT2D eigenvalue weighted by molar-refractivity contribution is 7.98. The number of halogens is 1. The molecule has 3 aromatic heterocycles. The third kappa shape index (κ3) is 4.00. The molecule has 7 nitrogen and oxygen atoms in total. The summed E-state index contributed by atoms with van der Waals surface area (Å²) in [7, 11) is 1.70. The van der Waals surface area contributed by atoms with Gasteiger partial charge in [-0.25, -0.2) is 9.37 Å². The SMILES string of the molecule is Cc1sc2nc(SCc3nnc(C(=O)Nc4ccc(F)cc4)s3)n(C)c(=O)c2c1C. The van der Waals surface area contributed by atoms with Gasteiger partial charge in [0.15, 0.2) is 5.16 Å². The van der Waals surface area contributed by atoms with E-state index in [0.717, 1.165) is 26.6 Å². The number of aromatic nitrogens is 4. The van der Waals surface area contributed by atoms with Crippen LogP contribution in [0.4, 0.5) is 10.1 Å². The summed E-state index contributed by atoms with van der Waals surface area (Å²) in [5.74, 6) is -0.361. The molecular weight excluding hydrogens is 445 g/mol. The maximum atomic E-state index is 13.0. The third-order valence-electron chi connectivity index (χ3n) is 4.46. The number of benzene rings is 1. The molecule has 0 atom stereocenters. The van der Waals surface area contributed by atoms with E-state index in [0.29, 0.717) is 27.0 Å². The molecule has 0 aliphatic rings. The summed E-state index contributed by atoms with van der Waals surface area (Å²) in [6.07, 6.45) is 0. The number of hydrogen-bond donors (Lipinski definition) is 1. The number of nitrogens with zero attached hydrogens (tertiary/aromatic N) is 4. The van der Waals surface area contributed by atoms with Gasteiger partial charge in [-0.05, 0) is 43.7 Å². The highest BCUT2D eigenvalue weighted by atomic mass is 32.2. The minimum Gasteiger partial charge on any atom is -0.320 e. The van der Waals surface area contributed by atoms with Crippen LogP contribution in [0, 0.1) is 19.7 Å². The van der Waals surface area contributed by atoms with Crippen molar-refractivity contribution in [1.29, 1.82) is 0 Å². The van der Waals surface area contributed by atoms with Crippen LogP contribution in [-0.4, -0.2) is 25.7 Å². The highest BCUT2D eigenvalue weighted by Gasteiger charge is 2.17. The minimum absolute atomic E-state index is 0.0685. The molecule has 1 amide bonds. The maximum Gasteiger partial charge on any atom is 0.286 e. The van der Waals surface area contributed by atoms with Crippen LogP contribution in [-0.2, 0) is 12.8 Å². The third-order valence-corrected chi connectivity index (χ3v) is 7.70. The zero-order valence-corrected chi connectivity index (χ0v) is 18.7. The van der Waals surface area contributed by atoms with E-state index >= 15 is 0 Å². The summed E-state index contributed by atoms with van der Waals surface area (Å²) < 4.78 is 14.5. The van der Waals surface area contributed by atoms with Crippen molar-refractivity contribution in [1.82, 2.24) is 19.7 Å². The number of fused-ring (bicyclic) bond motifs is 1. The second-order valence-electron chi connectivity index (χ2n) is 6.47. The fraction of sp³-hybridized carbons (Fsp3) is 0.211. The Morgan fingerprint density at radius 1 is 1.20 bits per heavy atom. The molecule has 0 saturated heterocycles. The first-order valence-electron chi connectivity index (χ1n) is 8.82. The molecule has 0 unspecified atom stereocenters. The molecule has 0 bridgehead atoms. The molecule has 1 N–H and O–H groups in total. The van der Waals surface area contributed by atoms with Gasteiger partial charge in [0.2, 0.25) is 5.01 Å². The fourth-order valence-electron chi connectivity index (χ4n) is 2.73. The van der Waals surface area contributed by atoms with Crippen molar-refractivity contribution >= 4 is 56.2 Å². The smallest absolute Gasteiger partial charge is 0.286 e. The largest absolute Gasteiger partial charge is 0.320 e. The number of carbonyl (C=O) groups is 1. The lowest BCUT2D eigenvalue weighted by Gasteiger charge is -2.06. The predicted octanol–water partition coefficient (Wildman–Crippen LogP) is 4.15. The number of thioether (sulfide) groups is 1. The van der Waals surface area contributed by atoms with Crippen molar-refractivity contribution < 1.29 is 9.18 Å². The molecule has 4 rings (SSSR count). The van der Waals surface area contributed by atoms with E-state index in [-0.39, 0.29) is 16.4 Å². The standard InChI is InChI=1S/C19H16FN5O2S3/c1-9-10(2)29-16-14(9)18(27)25(3)19(22-16)28-8-13-23-24-17(30-13)15(26)21-12-6-4-11(20)5-7-12/h4-7H,8H2,1-3H3,(H,21,26). The molecule has 11 heteroatoms. The molecule has 0 radical (unpaired) electrons. The molecule has 154 valence electrons. The van der Waals surface area contributed by atoms with Crippen molar-refractivity contribution in [2.24, 2.45) is 7.05 Å². The van der Waals surface area contributed by atoms with Gasteiger partial charge in [0.25, 0.3) is 11.5 Å². The van der Waals surface area contributed by atoms with E-state index in [1.165, 1.54) is 51.9 Å². The number of thiophene rings is 1. The lowest BCUT2D eigenvalue weighted by molar-refractivity contribution is 0.102. The summed E-state index contributed by atoms with van der Waals surface area (Å²) in [4.78, 5) is 31.4. The van der Waals surface area contributed by atoms with E-state index in [4.69, 9.17) is 0 Å². The summed E-state index contributed by atoms with van der Waals surface area (Å²) in [5, 5.41) is 12.7. The zero-order chi connectivity index (χ0) is 21.4. The number of rotatable bonds is 5. The Kier molecular flexibility index (Phi) is 5.67. The molecule has 0 aliphatic heterocycles. The maximum absolute atomic E-state index is 13.0. The van der Waals surface area contributed by atoms with Crippen molar-refractivity contribution in [3.8, 4) is 0 Å². The molecule has 1 aromatic carbocycles. The van der Waals surface area contributed by atoms with E-state index in [1.54, 1.807) is 7.05 Å². The Labute approximate surface area is 183 Å². The van der Waals surface area contributed by atoms with E-state index in [9.17, 15) is 14.0 Å². The van der Waals surface area contributed by atoms with Crippen LogP contribution in [0.3, 0.4) is 0 Å². The van der Waals surface area contributed by atoms with Gasteiger partial charge >= 0.3 is 0 Å². The van der Waals surface area contributed by atoms with Crippen molar-refractivity contribution in [3.63, 3.8) is 0 Å². The minimum atomic E-state index is -0.410. The Morgan fingerprint density at radius 3 is 2.67 bits per heavy atom. The number of carbonyl (C=O) groups excluding carboxylic acids is 1. The Balaban J connectivity index is 1.48. The summed E-state index contributed by atoms with van der Waals surface area (Å²) in [6.45, 7) is 3.91. The Morgan fingerprint density at radius 2 is 1.93 bits per heavy atom. The molecule has 0 aliphatic carbocycles. The van der Waals surface area contributed by atoms with Gasteiger partial charge in [-0.3, -0.25) is 14.2 Å². The van der Waals surface area contributed by atoms with Crippen LogP contribution in [0.5, 0.6) is 0 Å². The van der Waals surface area contributed by atoms with E-state index in [1.807, 2.05) is 13.8 Å². The molecule has 0 saturated carbocycles. The zero-order valence-electron chi connectivity index (χ0n) is 16.2. The average Bonchev–Trinajstić information content (AvgIpc) is 3.30. The van der Waals surface area contributed by atoms with Gasteiger partial charge < -0.3 is 5.32 Å².